The van der Waals surface area contributed by atoms with Crippen LogP contribution in [0, 0.1) is 5.92 Å². The maximum atomic E-state index is 11.8. The Morgan fingerprint density at radius 1 is 1.33 bits per heavy atom. The van der Waals surface area contributed by atoms with Crippen LogP contribution in [-0.2, 0) is 4.79 Å². The predicted molar refractivity (Wildman–Crippen MR) is 73.4 cm³/mol. The van der Waals surface area contributed by atoms with Gasteiger partial charge in [-0.2, -0.15) is 0 Å². The second-order valence-corrected chi connectivity index (χ2v) is 6.20. The number of nitrogens with one attached hydrogen (secondary N) is 1. The summed E-state index contributed by atoms with van der Waals surface area (Å²) in [6, 6.07) is 0.195. The van der Waals surface area contributed by atoms with Gasteiger partial charge < -0.3 is 10.4 Å². The number of rotatable bonds is 6. The van der Waals surface area contributed by atoms with Crippen molar-refractivity contribution in [2.45, 2.75) is 58.1 Å². The van der Waals surface area contributed by atoms with Gasteiger partial charge in [0.2, 0.25) is 5.91 Å². The first kappa shape index (κ1) is 15.4. The molecule has 0 spiro atoms. The van der Waals surface area contributed by atoms with Gasteiger partial charge in [-0.3, -0.25) is 9.69 Å². The maximum absolute atomic E-state index is 11.8. The fourth-order valence-electron chi connectivity index (χ4n) is 2.46. The van der Waals surface area contributed by atoms with E-state index >= 15 is 0 Å². The Bertz CT molecular complexity index is 273. The molecule has 2 N–H and O–H groups in total. The summed E-state index contributed by atoms with van der Waals surface area (Å²) >= 11 is 0. The number of aliphatic hydroxyl groups is 1. The van der Waals surface area contributed by atoms with Gasteiger partial charge in [0, 0.05) is 12.6 Å². The van der Waals surface area contributed by atoms with Gasteiger partial charge in [0.05, 0.1) is 12.1 Å². The molecule has 1 aliphatic rings. The van der Waals surface area contributed by atoms with Gasteiger partial charge in [0.25, 0.3) is 0 Å². The van der Waals surface area contributed by atoms with E-state index in [-0.39, 0.29) is 11.9 Å². The van der Waals surface area contributed by atoms with E-state index < -0.39 is 5.60 Å². The second-order valence-electron chi connectivity index (χ2n) is 6.20. The van der Waals surface area contributed by atoms with E-state index in [1.165, 1.54) is 0 Å². The molecule has 1 rings (SSSR count). The summed E-state index contributed by atoms with van der Waals surface area (Å²) in [6.45, 7) is 7.16. The molecule has 0 saturated heterocycles. The van der Waals surface area contributed by atoms with E-state index in [1.807, 2.05) is 18.9 Å². The van der Waals surface area contributed by atoms with E-state index in [0.29, 0.717) is 19.0 Å². The fourth-order valence-corrected chi connectivity index (χ4v) is 2.46. The topological polar surface area (TPSA) is 52.6 Å². The Kier molecular flexibility index (Phi) is 5.60. The number of hydrogen-bond acceptors (Lipinski definition) is 3. The van der Waals surface area contributed by atoms with Crippen molar-refractivity contribution in [2.75, 3.05) is 20.1 Å². The minimum Gasteiger partial charge on any atom is -0.389 e. The lowest BCUT2D eigenvalue weighted by atomic mass is 10.0. The standard InChI is InChI=1S/C14H28N2O2/c1-11(2)12(3)15-13(17)9-16(4)10-14(18)7-5-6-8-14/h11-12,18H,5-10H2,1-4H3,(H,15,17). The fraction of sp³-hybridized carbons (Fsp3) is 0.929. The molecule has 1 aliphatic carbocycles. The van der Waals surface area contributed by atoms with Crippen LogP contribution in [-0.4, -0.2) is 47.7 Å². The van der Waals surface area contributed by atoms with E-state index in [0.717, 1.165) is 25.7 Å². The molecule has 18 heavy (non-hydrogen) atoms. The number of carbonyl (C=O) groups is 1. The molecule has 0 aromatic rings. The van der Waals surface area contributed by atoms with Gasteiger partial charge in [-0.25, -0.2) is 0 Å². The smallest absolute Gasteiger partial charge is 0.234 e. The van der Waals surface area contributed by atoms with Crippen molar-refractivity contribution >= 4 is 5.91 Å². The molecule has 0 bridgehead atoms. The van der Waals surface area contributed by atoms with Gasteiger partial charge in [-0.15, -0.1) is 0 Å². The molecule has 4 heteroatoms. The average Bonchev–Trinajstić information content (AvgIpc) is 2.63. The summed E-state index contributed by atoms with van der Waals surface area (Å²) in [5, 5.41) is 13.3. The van der Waals surface area contributed by atoms with E-state index in [2.05, 4.69) is 19.2 Å². The van der Waals surface area contributed by atoms with E-state index in [9.17, 15) is 9.90 Å². The summed E-state index contributed by atoms with van der Waals surface area (Å²) in [4.78, 5) is 13.7. The molecule has 4 nitrogen and oxygen atoms in total. The highest BCUT2D eigenvalue weighted by atomic mass is 16.3. The van der Waals surface area contributed by atoms with Gasteiger partial charge >= 0.3 is 0 Å². The molecule has 0 radical (unpaired) electrons. The van der Waals surface area contributed by atoms with Crippen LogP contribution in [0.3, 0.4) is 0 Å². The first-order chi connectivity index (χ1) is 8.32. The third kappa shape index (κ3) is 4.94. The number of hydrogen-bond donors (Lipinski definition) is 2. The second kappa shape index (κ2) is 6.53. The molecule has 1 saturated carbocycles. The zero-order valence-electron chi connectivity index (χ0n) is 12.2. The molecular formula is C14H28N2O2. The Balaban J connectivity index is 2.31. The highest BCUT2D eigenvalue weighted by Gasteiger charge is 2.32. The maximum Gasteiger partial charge on any atom is 0.234 e. The van der Waals surface area contributed by atoms with Crippen molar-refractivity contribution in [3.05, 3.63) is 0 Å². The van der Waals surface area contributed by atoms with Crippen molar-refractivity contribution in [3.63, 3.8) is 0 Å². The Labute approximate surface area is 111 Å². The molecule has 0 aromatic carbocycles. The Hall–Kier alpha value is -0.610. The molecule has 106 valence electrons. The number of nitrogens with zero attached hydrogens (tertiary/aromatic N) is 1. The average molecular weight is 256 g/mol. The third-order valence-corrected chi connectivity index (χ3v) is 3.90. The minimum absolute atomic E-state index is 0.0419. The van der Waals surface area contributed by atoms with Crippen molar-refractivity contribution in [3.8, 4) is 0 Å². The molecule has 1 unspecified atom stereocenters. The van der Waals surface area contributed by atoms with Crippen molar-refractivity contribution < 1.29 is 9.90 Å². The lowest BCUT2D eigenvalue weighted by molar-refractivity contribution is -0.123. The van der Waals surface area contributed by atoms with Gasteiger partial charge in [-0.05, 0) is 32.7 Å². The van der Waals surface area contributed by atoms with Crippen molar-refractivity contribution in [2.24, 2.45) is 5.92 Å². The molecule has 0 aliphatic heterocycles. The quantitative estimate of drug-likeness (QED) is 0.755. The van der Waals surface area contributed by atoms with Crippen LogP contribution >= 0.6 is 0 Å². The van der Waals surface area contributed by atoms with Crippen LogP contribution in [0.5, 0.6) is 0 Å². The molecule has 1 fully saturated rings. The van der Waals surface area contributed by atoms with Crippen LogP contribution < -0.4 is 5.32 Å². The van der Waals surface area contributed by atoms with E-state index in [1.54, 1.807) is 0 Å². The summed E-state index contributed by atoms with van der Waals surface area (Å²) in [7, 11) is 1.90. The van der Waals surface area contributed by atoms with Gasteiger partial charge in [0.1, 0.15) is 0 Å². The monoisotopic (exact) mass is 256 g/mol. The lowest BCUT2D eigenvalue weighted by Gasteiger charge is -2.28. The highest BCUT2D eigenvalue weighted by Crippen LogP contribution is 2.29. The SMILES string of the molecule is CC(C)C(C)NC(=O)CN(C)CC1(O)CCCC1. The van der Waals surface area contributed by atoms with Crippen LogP contribution in [0.1, 0.15) is 46.5 Å². The zero-order valence-corrected chi connectivity index (χ0v) is 12.2. The largest absolute Gasteiger partial charge is 0.389 e. The first-order valence-corrected chi connectivity index (χ1v) is 7.03. The van der Waals surface area contributed by atoms with Crippen molar-refractivity contribution in [1.29, 1.82) is 0 Å². The van der Waals surface area contributed by atoms with Crippen molar-refractivity contribution in [1.82, 2.24) is 10.2 Å². The van der Waals surface area contributed by atoms with Crippen LogP contribution in [0.4, 0.5) is 0 Å². The van der Waals surface area contributed by atoms with Crippen LogP contribution in [0.25, 0.3) is 0 Å². The normalized spacial score (nSPS) is 20.4. The number of amides is 1. The van der Waals surface area contributed by atoms with E-state index in [4.69, 9.17) is 0 Å². The summed E-state index contributed by atoms with van der Waals surface area (Å²) in [5.74, 6) is 0.485. The molecule has 1 amide bonds. The summed E-state index contributed by atoms with van der Waals surface area (Å²) in [5.41, 5.74) is -0.571. The molecule has 1 atom stereocenters. The number of carbonyl (C=O) groups excluding carboxylic acids is 1. The number of likely N-dealkylation sites (N-methyl/N-ethyl adjacent to an activating group) is 1. The van der Waals surface area contributed by atoms with Gasteiger partial charge in [0.15, 0.2) is 0 Å². The zero-order chi connectivity index (χ0) is 13.8. The molecule has 0 heterocycles. The Morgan fingerprint density at radius 2 is 1.89 bits per heavy atom. The van der Waals surface area contributed by atoms with Crippen LogP contribution in [0.15, 0.2) is 0 Å². The Morgan fingerprint density at radius 3 is 2.39 bits per heavy atom. The lowest BCUT2D eigenvalue weighted by Crippen LogP contribution is -2.46. The predicted octanol–water partition coefficient (Wildman–Crippen LogP) is 1.38. The summed E-state index contributed by atoms with van der Waals surface area (Å²) < 4.78 is 0. The molecule has 0 aromatic heterocycles. The first-order valence-electron chi connectivity index (χ1n) is 7.03. The summed E-state index contributed by atoms with van der Waals surface area (Å²) in [6.07, 6.45) is 3.92. The third-order valence-electron chi connectivity index (χ3n) is 3.90. The highest BCUT2D eigenvalue weighted by molar-refractivity contribution is 5.78. The minimum atomic E-state index is -0.571. The molecular weight excluding hydrogens is 228 g/mol. The van der Waals surface area contributed by atoms with Crippen LogP contribution in [0.2, 0.25) is 0 Å². The van der Waals surface area contributed by atoms with Gasteiger partial charge in [-0.1, -0.05) is 26.7 Å².